The molecule has 0 radical (unpaired) electrons. The van der Waals surface area contributed by atoms with E-state index in [0.29, 0.717) is 0 Å². The third-order valence-electron chi connectivity index (χ3n) is 9.55. The summed E-state index contributed by atoms with van der Waals surface area (Å²) in [6.45, 7) is 8.30. The molecule has 2 aliphatic rings. The maximum absolute atomic E-state index is 14.2. The number of aryl methyl sites for hydroxylation is 2. The molecular weight excluding hydrogens is 501 g/mol. The van der Waals surface area contributed by atoms with Crippen molar-refractivity contribution in [1.29, 1.82) is 0 Å². The van der Waals surface area contributed by atoms with Crippen molar-refractivity contribution >= 4 is 17.0 Å². The van der Waals surface area contributed by atoms with Crippen LogP contribution in [0.3, 0.4) is 0 Å². The highest BCUT2D eigenvalue weighted by Crippen LogP contribution is 2.50. The monoisotopic (exact) mass is 547 g/mol. The van der Waals surface area contributed by atoms with E-state index in [2.05, 4.69) is 43.8 Å². The van der Waals surface area contributed by atoms with E-state index < -0.39 is 11.0 Å². The molecule has 1 saturated carbocycles. The van der Waals surface area contributed by atoms with Crippen LogP contribution in [-0.4, -0.2) is 46.6 Å². The second-order valence-corrected chi connectivity index (χ2v) is 13.0. The molecule has 1 heterocycles. The molecule has 1 fully saturated rings. The summed E-state index contributed by atoms with van der Waals surface area (Å²) >= 11 is 0. The molecule has 0 amide bonds. The first-order valence-electron chi connectivity index (χ1n) is 15.3. The second kappa shape index (κ2) is 12.0. The molecule has 2 aliphatic carbocycles. The zero-order chi connectivity index (χ0) is 28.3. The van der Waals surface area contributed by atoms with Crippen molar-refractivity contribution in [2.24, 2.45) is 11.3 Å². The predicted molar refractivity (Wildman–Crippen MR) is 159 cm³/mol. The van der Waals surface area contributed by atoms with Crippen molar-refractivity contribution in [1.82, 2.24) is 14.9 Å². The minimum absolute atomic E-state index is 0.0315. The van der Waals surface area contributed by atoms with E-state index >= 15 is 0 Å². The normalized spacial score (nSPS) is 22.5. The van der Waals surface area contributed by atoms with Crippen molar-refractivity contribution in [2.45, 2.75) is 96.5 Å². The number of H-pyrrole nitrogens is 1. The largest absolute Gasteiger partial charge is 0.458 e. The Kier molecular flexibility index (Phi) is 8.65. The Morgan fingerprint density at radius 1 is 1.12 bits per heavy atom. The predicted octanol–water partition coefficient (Wildman–Crippen LogP) is 7.59. The molecule has 216 valence electrons. The summed E-state index contributed by atoms with van der Waals surface area (Å²) in [5.74, 6) is 1.10. The standard InChI is InChI=1S/C34H46FN3O2/c1-24(2)31-27-15-14-26(35)23-25(27)16-19-34(31,40-32(39)33(3)17-8-5-9-18-33)20-22-38(4)21-10-13-30-36-28-11-6-7-12-29(28)37-30/h6-7,11-12,14-15,23-24,31H,5,8-10,13,16-22H2,1-4H3,(H,36,37)/t31-,34-/m0/s1. The second-order valence-electron chi connectivity index (χ2n) is 13.0. The number of fused-ring (bicyclic) bond motifs is 2. The molecule has 6 heteroatoms. The number of para-hydroxylation sites is 2. The Labute approximate surface area is 238 Å². The maximum Gasteiger partial charge on any atom is 0.312 e. The summed E-state index contributed by atoms with van der Waals surface area (Å²) in [6, 6.07) is 13.3. The molecule has 5 nitrogen and oxygen atoms in total. The zero-order valence-electron chi connectivity index (χ0n) is 24.8. The number of carbonyl (C=O) groups excluding carboxylic acids is 1. The van der Waals surface area contributed by atoms with Gasteiger partial charge in [0.25, 0.3) is 0 Å². The molecule has 1 N–H and O–H groups in total. The molecular formula is C34H46FN3O2. The van der Waals surface area contributed by atoms with Crippen molar-refractivity contribution in [3.8, 4) is 0 Å². The van der Waals surface area contributed by atoms with Gasteiger partial charge in [-0.05, 0) is 93.9 Å². The van der Waals surface area contributed by atoms with Gasteiger partial charge in [0.1, 0.15) is 17.2 Å². The lowest BCUT2D eigenvalue weighted by atomic mass is 9.65. The van der Waals surface area contributed by atoms with E-state index in [4.69, 9.17) is 9.72 Å². The highest BCUT2D eigenvalue weighted by molar-refractivity contribution is 5.77. The smallest absolute Gasteiger partial charge is 0.312 e. The number of esters is 1. The first kappa shape index (κ1) is 28.8. The number of imidazole rings is 1. The van der Waals surface area contributed by atoms with Gasteiger partial charge in [0.15, 0.2) is 0 Å². The van der Waals surface area contributed by atoms with E-state index in [9.17, 15) is 9.18 Å². The number of carbonyl (C=O) groups is 1. The molecule has 40 heavy (non-hydrogen) atoms. The Morgan fingerprint density at radius 2 is 1.90 bits per heavy atom. The van der Waals surface area contributed by atoms with Crippen molar-refractivity contribution in [3.05, 3.63) is 65.2 Å². The van der Waals surface area contributed by atoms with Gasteiger partial charge in [0.05, 0.1) is 16.4 Å². The summed E-state index contributed by atoms with van der Waals surface area (Å²) in [7, 11) is 2.16. The van der Waals surface area contributed by atoms with E-state index in [1.165, 1.54) is 6.42 Å². The fraction of sp³-hybridized carbons (Fsp3) is 0.588. The number of aromatic amines is 1. The van der Waals surface area contributed by atoms with Crippen LogP contribution in [0.1, 0.15) is 95.0 Å². The maximum atomic E-state index is 14.2. The van der Waals surface area contributed by atoms with E-state index in [1.807, 2.05) is 24.3 Å². The van der Waals surface area contributed by atoms with Gasteiger partial charge in [-0.25, -0.2) is 9.37 Å². The lowest BCUT2D eigenvalue weighted by Crippen LogP contribution is -2.50. The average Bonchev–Trinajstić information content (AvgIpc) is 3.35. The SMILES string of the molecule is CC(C)[C@H]1c2ccc(F)cc2CC[C@@]1(CCN(C)CCCc1nc2ccccc2[nH]1)OC(=O)C1(C)CCCCC1. The van der Waals surface area contributed by atoms with Crippen LogP contribution in [0.25, 0.3) is 11.0 Å². The van der Waals surface area contributed by atoms with Gasteiger partial charge in [-0.15, -0.1) is 0 Å². The van der Waals surface area contributed by atoms with Crippen molar-refractivity contribution in [2.75, 3.05) is 20.1 Å². The van der Waals surface area contributed by atoms with Crippen LogP contribution in [0.15, 0.2) is 42.5 Å². The van der Waals surface area contributed by atoms with Crippen LogP contribution in [0.5, 0.6) is 0 Å². The Balaban J connectivity index is 1.31. The van der Waals surface area contributed by atoms with Crippen LogP contribution in [0.4, 0.5) is 4.39 Å². The average molecular weight is 548 g/mol. The van der Waals surface area contributed by atoms with Crippen molar-refractivity contribution in [3.63, 3.8) is 0 Å². The molecule has 2 atom stereocenters. The first-order chi connectivity index (χ1) is 19.2. The number of aromatic nitrogens is 2. The van der Waals surface area contributed by atoms with Crippen LogP contribution >= 0.6 is 0 Å². The molecule has 0 bridgehead atoms. The number of benzene rings is 2. The fourth-order valence-electron chi connectivity index (χ4n) is 7.27. The van der Waals surface area contributed by atoms with Crippen LogP contribution in [0, 0.1) is 17.2 Å². The van der Waals surface area contributed by atoms with Gasteiger partial charge in [-0.1, -0.05) is 51.3 Å². The zero-order valence-corrected chi connectivity index (χ0v) is 24.8. The first-order valence-corrected chi connectivity index (χ1v) is 15.3. The summed E-state index contributed by atoms with van der Waals surface area (Å²) < 4.78 is 20.9. The van der Waals surface area contributed by atoms with Crippen LogP contribution in [-0.2, 0) is 22.4 Å². The van der Waals surface area contributed by atoms with Crippen LogP contribution in [0.2, 0.25) is 0 Å². The van der Waals surface area contributed by atoms with Crippen molar-refractivity contribution < 1.29 is 13.9 Å². The summed E-state index contributed by atoms with van der Waals surface area (Å²) in [6.07, 6.45) is 9.30. The number of hydrogen-bond donors (Lipinski definition) is 1. The summed E-state index contributed by atoms with van der Waals surface area (Å²) in [5.41, 5.74) is 3.31. The lowest BCUT2D eigenvalue weighted by molar-refractivity contribution is -0.181. The molecule has 0 spiro atoms. The number of ether oxygens (including phenoxy) is 1. The number of hydrogen-bond acceptors (Lipinski definition) is 4. The number of rotatable bonds is 10. The highest BCUT2D eigenvalue weighted by Gasteiger charge is 2.50. The molecule has 3 aromatic rings. The molecule has 0 saturated heterocycles. The Hall–Kier alpha value is -2.73. The number of halogens is 1. The molecule has 5 rings (SSSR count). The van der Waals surface area contributed by atoms with Gasteiger partial charge in [0, 0.05) is 25.3 Å². The summed E-state index contributed by atoms with van der Waals surface area (Å²) in [5, 5.41) is 0. The van der Waals surface area contributed by atoms with E-state index in [-0.39, 0.29) is 23.6 Å². The molecule has 0 aliphatic heterocycles. The van der Waals surface area contributed by atoms with Crippen LogP contribution < -0.4 is 0 Å². The topological polar surface area (TPSA) is 58.2 Å². The highest BCUT2D eigenvalue weighted by atomic mass is 19.1. The third kappa shape index (κ3) is 6.12. The lowest BCUT2D eigenvalue weighted by Gasteiger charge is -2.48. The third-order valence-corrected chi connectivity index (χ3v) is 9.55. The van der Waals surface area contributed by atoms with E-state index in [0.717, 1.165) is 98.9 Å². The number of nitrogens with zero attached hydrogens (tertiary/aromatic N) is 2. The Bertz CT molecular complexity index is 1280. The fourth-order valence-corrected chi connectivity index (χ4v) is 7.27. The molecule has 2 aromatic carbocycles. The van der Waals surface area contributed by atoms with Gasteiger partial charge < -0.3 is 14.6 Å². The summed E-state index contributed by atoms with van der Waals surface area (Å²) in [4.78, 5) is 24.4. The minimum atomic E-state index is -0.594. The van der Waals surface area contributed by atoms with Gasteiger partial charge in [-0.2, -0.15) is 0 Å². The Morgan fingerprint density at radius 3 is 2.65 bits per heavy atom. The minimum Gasteiger partial charge on any atom is -0.458 e. The quantitative estimate of drug-likeness (QED) is 0.266. The molecule has 0 unspecified atom stereocenters. The molecule has 1 aromatic heterocycles. The van der Waals surface area contributed by atoms with Gasteiger partial charge in [-0.3, -0.25) is 4.79 Å². The number of nitrogens with one attached hydrogen (secondary N) is 1. The van der Waals surface area contributed by atoms with E-state index in [1.54, 1.807) is 12.1 Å². The van der Waals surface area contributed by atoms with Gasteiger partial charge >= 0.3 is 5.97 Å². The van der Waals surface area contributed by atoms with Gasteiger partial charge in [0.2, 0.25) is 0 Å².